The molecular formula is C17H29NO. The molecular weight excluding hydrogens is 234 g/mol. The molecule has 0 spiro atoms. The van der Waals surface area contributed by atoms with Crippen molar-refractivity contribution in [3.05, 3.63) is 35.4 Å². The number of aryl methyl sites for hydroxylation is 1. The van der Waals surface area contributed by atoms with Gasteiger partial charge in [0.1, 0.15) is 0 Å². The molecule has 1 aromatic rings. The van der Waals surface area contributed by atoms with Gasteiger partial charge in [-0.05, 0) is 30.2 Å². The normalized spacial score (nSPS) is 17.0. The molecule has 0 fully saturated rings. The second-order valence-electron chi connectivity index (χ2n) is 6.83. The lowest BCUT2D eigenvalue weighted by atomic mass is 9.76. The summed E-state index contributed by atoms with van der Waals surface area (Å²) in [5, 5.41) is 10.5. The minimum atomic E-state index is -0.374. The van der Waals surface area contributed by atoms with Gasteiger partial charge in [-0.1, -0.05) is 57.5 Å². The van der Waals surface area contributed by atoms with Gasteiger partial charge in [0.25, 0.3) is 0 Å². The second-order valence-corrected chi connectivity index (χ2v) is 6.83. The van der Waals surface area contributed by atoms with Gasteiger partial charge in [0.2, 0.25) is 0 Å². The monoisotopic (exact) mass is 263 g/mol. The molecule has 0 radical (unpaired) electrons. The predicted molar refractivity (Wildman–Crippen MR) is 82.2 cm³/mol. The van der Waals surface area contributed by atoms with Crippen LogP contribution in [-0.4, -0.2) is 17.8 Å². The van der Waals surface area contributed by atoms with E-state index in [1.807, 2.05) is 6.07 Å². The van der Waals surface area contributed by atoms with Gasteiger partial charge >= 0.3 is 0 Å². The first-order chi connectivity index (χ1) is 8.75. The molecule has 0 saturated carbocycles. The summed E-state index contributed by atoms with van der Waals surface area (Å²) in [6, 6.07) is 8.30. The van der Waals surface area contributed by atoms with E-state index in [0.717, 1.165) is 12.0 Å². The fourth-order valence-electron chi connectivity index (χ4n) is 2.30. The fraction of sp³-hybridized carbons (Fsp3) is 0.647. The van der Waals surface area contributed by atoms with Crippen LogP contribution in [0.15, 0.2) is 24.3 Å². The summed E-state index contributed by atoms with van der Waals surface area (Å²) in [6.45, 7) is 11.4. The highest BCUT2D eigenvalue weighted by molar-refractivity contribution is 5.26. The molecule has 0 aromatic heterocycles. The Morgan fingerprint density at radius 1 is 1.26 bits per heavy atom. The minimum absolute atomic E-state index is 0.0321. The largest absolute Gasteiger partial charge is 0.392 e. The number of hydrogen-bond acceptors (Lipinski definition) is 2. The number of benzene rings is 1. The first-order valence-corrected chi connectivity index (χ1v) is 7.20. The van der Waals surface area contributed by atoms with Crippen LogP contribution in [-0.2, 0) is 0 Å². The minimum Gasteiger partial charge on any atom is -0.392 e. The molecule has 0 aliphatic heterocycles. The van der Waals surface area contributed by atoms with E-state index in [9.17, 15) is 5.11 Å². The van der Waals surface area contributed by atoms with Crippen LogP contribution in [0, 0.1) is 18.3 Å². The van der Waals surface area contributed by atoms with Crippen molar-refractivity contribution in [2.24, 2.45) is 17.1 Å². The summed E-state index contributed by atoms with van der Waals surface area (Å²) >= 11 is 0. The van der Waals surface area contributed by atoms with Gasteiger partial charge in [0, 0.05) is 12.5 Å². The van der Waals surface area contributed by atoms with E-state index in [4.69, 9.17) is 5.73 Å². The third-order valence-corrected chi connectivity index (χ3v) is 4.26. The zero-order valence-corrected chi connectivity index (χ0v) is 13.0. The Morgan fingerprint density at radius 2 is 1.89 bits per heavy atom. The van der Waals surface area contributed by atoms with Crippen molar-refractivity contribution in [2.45, 2.75) is 53.1 Å². The van der Waals surface area contributed by atoms with Gasteiger partial charge in [-0.2, -0.15) is 0 Å². The maximum atomic E-state index is 10.5. The summed E-state index contributed by atoms with van der Waals surface area (Å²) in [6.07, 6.45) is 0.417. The summed E-state index contributed by atoms with van der Waals surface area (Å²) in [7, 11) is 0. The van der Waals surface area contributed by atoms with Crippen molar-refractivity contribution in [2.75, 3.05) is 6.54 Å². The van der Waals surface area contributed by atoms with E-state index in [1.165, 1.54) is 5.56 Å². The lowest BCUT2D eigenvalue weighted by molar-refractivity contribution is 0.0894. The van der Waals surface area contributed by atoms with Gasteiger partial charge in [-0.15, -0.1) is 0 Å². The SMILES string of the molecule is Cc1cccc(C(CN)C(O)CC(C)C(C)(C)C)c1. The van der Waals surface area contributed by atoms with Gasteiger partial charge in [0.05, 0.1) is 6.10 Å². The average molecular weight is 263 g/mol. The van der Waals surface area contributed by atoms with Crippen molar-refractivity contribution >= 4 is 0 Å². The third kappa shape index (κ3) is 4.63. The molecule has 108 valence electrons. The predicted octanol–water partition coefficient (Wildman–Crippen LogP) is 3.47. The lowest BCUT2D eigenvalue weighted by Crippen LogP contribution is -2.30. The van der Waals surface area contributed by atoms with E-state index in [0.29, 0.717) is 12.5 Å². The number of hydrogen-bond donors (Lipinski definition) is 2. The van der Waals surface area contributed by atoms with Crippen LogP contribution < -0.4 is 5.73 Å². The molecule has 0 saturated heterocycles. The van der Waals surface area contributed by atoms with Crippen LogP contribution in [0.4, 0.5) is 0 Å². The maximum Gasteiger partial charge on any atom is 0.0623 e. The van der Waals surface area contributed by atoms with Crippen LogP contribution in [0.2, 0.25) is 0 Å². The Morgan fingerprint density at radius 3 is 2.37 bits per heavy atom. The van der Waals surface area contributed by atoms with Crippen molar-refractivity contribution in [1.29, 1.82) is 0 Å². The number of rotatable bonds is 5. The van der Waals surface area contributed by atoms with Crippen LogP contribution >= 0.6 is 0 Å². The molecule has 0 aliphatic carbocycles. The molecule has 3 unspecified atom stereocenters. The molecule has 2 heteroatoms. The molecule has 0 heterocycles. The van der Waals surface area contributed by atoms with Crippen LogP contribution in [0.5, 0.6) is 0 Å². The van der Waals surface area contributed by atoms with E-state index in [2.05, 4.69) is 52.8 Å². The van der Waals surface area contributed by atoms with Gasteiger partial charge in [-0.3, -0.25) is 0 Å². The van der Waals surface area contributed by atoms with Crippen molar-refractivity contribution in [1.82, 2.24) is 0 Å². The van der Waals surface area contributed by atoms with E-state index >= 15 is 0 Å². The number of aliphatic hydroxyl groups is 1. The van der Waals surface area contributed by atoms with Gasteiger partial charge in [-0.25, -0.2) is 0 Å². The smallest absolute Gasteiger partial charge is 0.0623 e. The van der Waals surface area contributed by atoms with Gasteiger partial charge in [0.15, 0.2) is 0 Å². The molecule has 0 amide bonds. The first kappa shape index (κ1) is 16.2. The lowest BCUT2D eigenvalue weighted by Gasteiger charge is -2.32. The summed E-state index contributed by atoms with van der Waals surface area (Å²) in [5.74, 6) is 0.492. The Bertz CT molecular complexity index is 394. The quantitative estimate of drug-likeness (QED) is 0.854. The van der Waals surface area contributed by atoms with Crippen molar-refractivity contribution < 1.29 is 5.11 Å². The maximum absolute atomic E-state index is 10.5. The molecule has 3 atom stereocenters. The van der Waals surface area contributed by atoms with E-state index in [-0.39, 0.29) is 17.4 Å². The summed E-state index contributed by atoms with van der Waals surface area (Å²) < 4.78 is 0. The molecule has 3 N–H and O–H groups in total. The van der Waals surface area contributed by atoms with E-state index < -0.39 is 0 Å². The highest BCUT2D eigenvalue weighted by atomic mass is 16.3. The van der Waals surface area contributed by atoms with E-state index in [1.54, 1.807) is 0 Å². The molecule has 2 nitrogen and oxygen atoms in total. The molecule has 0 aliphatic rings. The molecule has 1 rings (SSSR count). The van der Waals surface area contributed by atoms with Crippen LogP contribution in [0.1, 0.15) is 51.2 Å². The van der Waals surface area contributed by atoms with Crippen LogP contribution in [0.3, 0.4) is 0 Å². The standard InChI is InChI=1S/C17H29NO/c1-12-7-6-8-14(9-12)15(11-18)16(19)10-13(2)17(3,4)5/h6-9,13,15-16,19H,10-11,18H2,1-5H3. The Balaban J connectivity index is 2.80. The number of nitrogens with two attached hydrogens (primary N) is 1. The average Bonchev–Trinajstić information content (AvgIpc) is 2.28. The number of aliphatic hydroxyl groups excluding tert-OH is 1. The zero-order valence-electron chi connectivity index (χ0n) is 13.0. The van der Waals surface area contributed by atoms with Gasteiger partial charge < -0.3 is 10.8 Å². The molecule has 1 aromatic carbocycles. The summed E-state index contributed by atoms with van der Waals surface area (Å²) in [4.78, 5) is 0. The third-order valence-electron chi connectivity index (χ3n) is 4.26. The Kier molecular flexibility index (Phi) is 5.57. The molecule has 19 heavy (non-hydrogen) atoms. The summed E-state index contributed by atoms with van der Waals surface area (Å²) in [5.41, 5.74) is 8.46. The Hall–Kier alpha value is -0.860. The van der Waals surface area contributed by atoms with Crippen LogP contribution in [0.25, 0.3) is 0 Å². The topological polar surface area (TPSA) is 46.2 Å². The fourth-order valence-corrected chi connectivity index (χ4v) is 2.30. The second kappa shape index (κ2) is 6.53. The highest BCUT2D eigenvalue weighted by Crippen LogP contribution is 2.32. The first-order valence-electron chi connectivity index (χ1n) is 7.20. The van der Waals surface area contributed by atoms with Crippen molar-refractivity contribution in [3.8, 4) is 0 Å². The molecule has 0 bridgehead atoms. The zero-order chi connectivity index (χ0) is 14.6. The Labute approximate surface area is 118 Å². The highest BCUT2D eigenvalue weighted by Gasteiger charge is 2.27. The van der Waals surface area contributed by atoms with Crippen molar-refractivity contribution in [3.63, 3.8) is 0 Å².